The smallest absolute Gasteiger partial charge is 0.127 e. The molecule has 12 heavy (non-hydrogen) atoms. The zero-order chi connectivity index (χ0) is 8.55. The Labute approximate surface area is 85.7 Å². The zero-order valence-electron chi connectivity index (χ0n) is 6.76. The third kappa shape index (κ3) is 1.71. The fourth-order valence-electron chi connectivity index (χ4n) is 1.30. The zero-order valence-corrected chi connectivity index (χ0v) is 8.91. The minimum Gasteiger partial charge on any atom is -0.383 e. The number of nitrogens with two attached hydrogens (primary N) is 1. The molecule has 0 amide bonds. The summed E-state index contributed by atoms with van der Waals surface area (Å²) in [6.07, 6.45) is 5.63. The molecule has 0 aromatic carbocycles. The molecule has 0 bridgehead atoms. The number of nitrogen functional groups attached to an aromatic ring is 1. The van der Waals surface area contributed by atoms with Crippen LogP contribution in [0.25, 0.3) is 0 Å². The first kappa shape index (κ1) is 8.29. The maximum absolute atomic E-state index is 5.78. The number of nitrogens with zero attached hydrogens (tertiary/aromatic N) is 1. The molecule has 1 aliphatic rings. The molecule has 3 heteroatoms. The summed E-state index contributed by atoms with van der Waals surface area (Å²) in [6, 6.07) is 2.02. The molecule has 1 heterocycles. The Morgan fingerprint density at radius 3 is 2.92 bits per heavy atom. The van der Waals surface area contributed by atoms with Crippen molar-refractivity contribution in [2.24, 2.45) is 5.92 Å². The molecule has 1 aromatic heterocycles. The van der Waals surface area contributed by atoms with Crippen molar-refractivity contribution in [2.75, 3.05) is 5.73 Å². The van der Waals surface area contributed by atoms with Gasteiger partial charge in [-0.25, -0.2) is 4.98 Å². The maximum atomic E-state index is 5.78. The lowest BCUT2D eigenvalue weighted by atomic mass is 10.1. The van der Waals surface area contributed by atoms with Crippen LogP contribution >= 0.6 is 22.6 Å². The van der Waals surface area contributed by atoms with Crippen LogP contribution in [0.2, 0.25) is 0 Å². The van der Waals surface area contributed by atoms with E-state index in [1.807, 2.05) is 6.07 Å². The van der Waals surface area contributed by atoms with Crippen molar-refractivity contribution in [3.8, 4) is 0 Å². The summed E-state index contributed by atoms with van der Waals surface area (Å²) in [6.45, 7) is 0. The Hall–Kier alpha value is -0.320. The van der Waals surface area contributed by atoms with E-state index >= 15 is 0 Å². The van der Waals surface area contributed by atoms with E-state index in [-0.39, 0.29) is 0 Å². The highest BCUT2D eigenvalue weighted by atomic mass is 127. The number of hydrogen-bond donors (Lipinski definition) is 1. The number of hydrogen-bond acceptors (Lipinski definition) is 2. The number of anilines is 1. The fourth-order valence-corrected chi connectivity index (χ4v) is 1.95. The molecule has 0 aliphatic heterocycles. The van der Waals surface area contributed by atoms with E-state index in [9.17, 15) is 0 Å². The minimum absolute atomic E-state index is 0.716. The van der Waals surface area contributed by atoms with Crippen molar-refractivity contribution < 1.29 is 0 Å². The highest BCUT2D eigenvalue weighted by Crippen LogP contribution is 2.34. The van der Waals surface area contributed by atoms with Gasteiger partial charge in [0.1, 0.15) is 5.82 Å². The average molecular weight is 274 g/mol. The van der Waals surface area contributed by atoms with E-state index in [4.69, 9.17) is 5.73 Å². The molecule has 1 fully saturated rings. The summed E-state index contributed by atoms with van der Waals surface area (Å²) in [5, 5.41) is 0. The molecule has 2 rings (SSSR count). The number of halogens is 1. The third-order valence-corrected chi connectivity index (χ3v) is 3.23. The van der Waals surface area contributed by atoms with Crippen LogP contribution in [0, 0.1) is 9.49 Å². The molecule has 0 saturated heterocycles. The van der Waals surface area contributed by atoms with Crippen LogP contribution in [0.5, 0.6) is 0 Å². The van der Waals surface area contributed by atoms with Gasteiger partial charge in [-0.3, -0.25) is 0 Å². The van der Waals surface area contributed by atoms with E-state index in [0.29, 0.717) is 5.82 Å². The largest absolute Gasteiger partial charge is 0.383 e. The van der Waals surface area contributed by atoms with Gasteiger partial charge in [0.15, 0.2) is 0 Å². The van der Waals surface area contributed by atoms with E-state index in [1.54, 1.807) is 6.20 Å². The summed E-state index contributed by atoms with van der Waals surface area (Å²) in [5.41, 5.74) is 7.03. The SMILES string of the molecule is Nc1nccc(I)c1CC1CC1. The topological polar surface area (TPSA) is 38.9 Å². The lowest BCUT2D eigenvalue weighted by molar-refractivity contribution is 0.826. The molecule has 64 valence electrons. The van der Waals surface area contributed by atoms with Gasteiger partial charge in [0.25, 0.3) is 0 Å². The minimum atomic E-state index is 0.716. The third-order valence-electron chi connectivity index (χ3n) is 2.22. The van der Waals surface area contributed by atoms with Gasteiger partial charge >= 0.3 is 0 Å². The van der Waals surface area contributed by atoms with Gasteiger partial charge in [-0.1, -0.05) is 0 Å². The van der Waals surface area contributed by atoms with Gasteiger partial charge in [-0.05, 0) is 53.8 Å². The average Bonchev–Trinajstić information content (AvgIpc) is 2.80. The first-order valence-electron chi connectivity index (χ1n) is 4.16. The summed E-state index contributed by atoms with van der Waals surface area (Å²) in [7, 11) is 0. The Kier molecular flexibility index (Phi) is 2.21. The maximum Gasteiger partial charge on any atom is 0.127 e. The first-order valence-corrected chi connectivity index (χ1v) is 5.24. The van der Waals surface area contributed by atoms with Crippen LogP contribution < -0.4 is 5.73 Å². The predicted octanol–water partition coefficient (Wildman–Crippen LogP) is 2.22. The molecule has 0 atom stereocenters. The van der Waals surface area contributed by atoms with Crippen molar-refractivity contribution >= 4 is 28.4 Å². The normalized spacial score (nSPS) is 16.4. The lowest BCUT2D eigenvalue weighted by Gasteiger charge is -2.05. The number of rotatable bonds is 2. The van der Waals surface area contributed by atoms with Crippen LogP contribution in [-0.2, 0) is 6.42 Å². The monoisotopic (exact) mass is 274 g/mol. The highest BCUT2D eigenvalue weighted by molar-refractivity contribution is 14.1. The van der Waals surface area contributed by atoms with Crippen molar-refractivity contribution in [2.45, 2.75) is 19.3 Å². The second-order valence-corrected chi connectivity index (χ2v) is 4.47. The molecule has 1 aromatic rings. The summed E-state index contributed by atoms with van der Waals surface area (Å²) in [4.78, 5) is 4.09. The van der Waals surface area contributed by atoms with Crippen molar-refractivity contribution in [3.63, 3.8) is 0 Å². The molecule has 0 unspecified atom stereocenters. The number of pyridine rings is 1. The standard InChI is InChI=1S/C9H11IN2/c10-8-3-4-12-9(11)7(8)5-6-1-2-6/h3-4,6H,1-2,5H2,(H2,11,12). The van der Waals surface area contributed by atoms with E-state index in [0.717, 1.165) is 12.3 Å². The molecule has 0 radical (unpaired) electrons. The van der Waals surface area contributed by atoms with E-state index in [1.165, 1.54) is 22.0 Å². The van der Waals surface area contributed by atoms with Crippen LogP contribution in [0.4, 0.5) is 5.82 Å². The van der Waals surface area contributed by atoms with Crippen molar-refractivity contribution in [1.82, 2.24) is 4.98 Å². The van der Waals surface area contributed by atoms with Gasteiger partial charge in [0.2, 0.25) is 0 Å². The molecule has 1 aliphatic carbocycles. The number of aromatic nitrogens is 1. The van der Waals surface area contributed by atoms with Crippen molar-refractivity contribution in [3.05, 3.63) is 21.4 Å². The van der Waals surface area contributed by atoms with Crippen molar-refractivity contribution in [1.29, 1.82) is 0 Å². The Bertz CT molecular complexity index is 274. The summed E-state index contributed by atoms with van der Waals surface area (Å²) < 4.78 is 1.26. The quantitative estimate of drug-likeness (QED) is 0.840. The molecular weight excluding hydrogens is 263 g/mol. The van der Waals surface area contributed by atoms with Crippen LogP contribution in [0.15, 0.2) is 12.3 Å². The second kappa shape index (κ2) is 3.20. The highest BCUT2D eigenvalue weighted by Gasteiger charge is 2.23. The molecule has 2 nitrogen and oxygen atoms in total. The fraction of sp³-hybridized carbons (Fsp3) is 0.444. The molecule has 2 N–H and O–H groups in total. The molecule has 0 spiro atoms. The Balaban J connectivity index is 2.26. The first-order chi connectivity index (χ1) is 5.77. The lowest BCUT2D eigenvalue weighted by Crippen LogP contribution is -2.00. The molecule has 1 saturated carbocycles. The van der Waals surface area contributed by atoms with Gasteiger partial charge < -0.3 is 5.73 Å². The van der Waals surface area contributed by atoms with Gasteiger partial charge in [-0.15, -0.1) is 0 Å². The van der Waals surface area contributed by atoms with E-state index in [2.05, 4.69) is 27.6 Å². The summed E-state index contributed by atoms with van der Waals surface area (Å²) in [5.74, 6) is 1.60. The van der Waals surface area contributed by atoms with E-state index < -0.39 is 0 Å². The Morgan fingerprint density at radius 2 is 2.33 bits per heavy atom. The van der Waals surface area contributed by atoms with Crippen LogP contribution in [-0.4, -0.2) is 4.98 Å². The van der Waals surface area contributed by atoms with Gasteiger partial charge in [0, 0.05) is 15.3 Å². The van der Waals surface area contributed by atoms with Crippen LogP contribution in [0.3, 0.4) is 0 Å². The van der Waals surface area contributed by atoms with Gasteiger partial charge in [-0.2, -0.15) is 0 Å². The second-order valence-electron chi connectivity index (χ2n) is 3.30. The predicted molar refractivity (Wildman–Crippen MR) is 57.8 cm³/mol. The Morgan fingerprint density at radius 1 is 1.58 bits per heavy atom. The summed E-state index contributed by atoms with van der Waals surface area (Å²) >= 11 is 2.33. The molecular formula is C9H11IN2. The van der Waals surface area contributed by atoms with Crippen LogP contribution in [0.1, 0.15) is 18.4 Å². The van der Waals surface area contributed by atoms with Gasteiger partial charge in [0.05, 0.1) is 0 Å².